The molecule has 2 atom stereocenters. The molecule has 0 unspecified atom stereocenters. The van der Waals surface area contributed by atoms with E-state index in [2.05, 4.69) is 50.0 Å². The maximum absolute atomic E-state index is 13.0. The van der Waals surface area contributed by atoms with E-state index in [1.54, 1.807) is 0 Å². The number of anilines is 1. The third kappa shape index (κ3) is 5.71. The lowest BCUT2D eigenvalue weighted by Crippen LogP contribution is -2.33. The lowest BCUT2D eigenvalue weighted by Gasteiger charge is -2.28. The SMILES string of the molecule is Cc1ccc(C)c(NC(=O)CCN2C(=S)N[C@@H](c3ccccn3)[C@H]2c2cc(C)n(Cc3ccncc3)c2C)c1. The molecule has 1 amide bonds. The van der Waals surface area contributed by atoms with Crippen molar-refractivity contribution in [3.63, 3.8) is 0 Å². The van der Waals surface area contributed by atoms with Gasteiger partial charge >= 0.3 is 0 Å². The summed E-state index contributed by atoms with van der Waals surface area (Å²) in [6.07, 6.45) is 5.78. The Hall–Kier alpha value is -4.04. The van der Waals surface area contributed by atoms with Crippen molar-refractivity contribution >= 4 is 28.9 Å². The van der Waals surface area contributed by atoms with Crippen molar-refractivity contribution in [1.82, 2.24) is 24.8 Å². The van der Waals surface area contributed by atoms with Crippen molar-refractivity contribution in [2.75, 3.05) is 11.9 Å². The van der Waals surface area contributed by atoms with Gasteiger partial charge in [-0.05, 0) is 98.6 Å². The van der Waals surface area contributed by atoms with Gasteiger partial charge < -0.3 is 20.1 Å². The summed E-state index contributed by atoms with van der Waals surface area (Å²) in [7, 11) is 0. The zero-order valence-corrected chi connectivity index (χ0v) is 23.6. The number of aromatic nitrogens is 3. The van der Waals surface area contributed by atoms with Crippen LogP contribution in [0.25, 0.3) is 0 Å². The average Bonchev–Trinajstić information content (AvgIpc) is 3.41. The topological polar surface area (TPSA) is 75.1 Å². The molecule has 2 N–H and O–H groups in total. The largest absolute Gasteiger partial charge is 0.352 e. The maximum Gasteiger partial charge on any atom is 0.226 e. The lowest BCUT2D eigenvalue weighted by atomic mass is 9.96. The van der Waals surface area contributed by atoms with E-state index in [0.29, 0.717) is 18.1 Å². The summed E-state index contributed by atoms with van der Waals surface area (Å²) in [5, 5.41) is 7.23. The highest BCUT2D eigenvalue weighted by Gasteiger charge is 2.41. The molecule has 0 saturated carbocycles. The smallest absolute Gasteiger partial charge is 0.226 e. The fourth-order valence-electron chi connectivity index (χ4n) is 5.33. The van der Waals surface area contributed by atoms with E-state index in [1.807, 2.05) is 81.0 Å². The number of aryl methyl sites for hydroxylation is 3. The molecule has 1 aromatic carbocycles. The van der Waals surface area contributed by atoms with Gasteiger partial charge in [0.1, 0.15) is 0 Å². The third-order valence-corrected chi connectivity index (χ3v) is 7.82. The first-order valence-corrected chi connectivity index (χ1v) is 13.6. The van der Waals surface area contributed by atoms with Crippen LogP contribution in [0.2, 0.25) is 0 Å². The van der Waals surface area contributed by atoms with E-state index in [1.165, 1.54) is 22.5 Å². The molecule has 1 aliphatic heterocycles. The number of thiocarbonyl (C=S) groups is 1. The predicted octanol–water partition coefficient (Wildman–Crippen LogP) is 5.56. The van der Waals surface area contributed by atoms with Gasteiger partial charge in [0, 0.05) is 55.2 Å². The Bertz CT molecular complexity index is 1480. The minimum Gasteiger partial charge on any atom is -0.352 e. The van der Waals surface area contributed by atoms with Crippen LogP contribution >= 0.6 is 12.2 Å². The Morgan fingerprint density at radius 1 is 1.03 bits per heavy atom. The molecule has 0 radical (unpaired) electrons. The molecule has 7 nitrogen and oxygen atoms in total. The molecule has 8 heteroatoms. The number of pyridine rings is 2. The fraction of sp³-hybridized carbons (Fsp3) is 0.290. The highest BCUT2D eigenvalue weighted by atomic mass is 32.1. The summed E-state index contributed by atoms with van der Waals surface area (Å²) < 4.78 is 2.33. The second kappa shape index (κ2) is 11.4. The number of nitrogens with one attached hydrogen (secondary N) is 2. The number of amides is 1. The summed E-state index contributed by atoms with van der Waals surface area (Å²) >= 11 is 5.84. The van der Waals surface area contributed by atoms with Crippen molar-refractivity contribution in [3.05, 3.63) is 113 Å². The highest BCUT2D eigenvalue weighted by Crippen LogP contribution is 2.41. The van der Waals surface area contributed by atoms with Crippen LogP contribution in [0.1, 0.15) is 57.8 Å². The van der Waals surface area contributed by atoms with Crippen LogP contribution in [0, 0.1) is 27.7 Å². The zero-order chi connectivity index (χ0) is 27.5. The molecule has 5 rings (SSSR count). The summed E-state index contributed by atoms with van der Waals surface area (Å²) in [6.45, 7) is 9.57. The van der Waals surface area contributed by atoms with Crippen LogP contribution in [0.15, 0.2) is 73.2 Å². The second-order valence-electron chi connectivity index (χ2n) is 10.2. The Morgan fingerprint density at radius 3 is 2.56 bits per heavy atom. The quantitative estimate of drug-likeness (QED) is 0.286. The molecule has 1 saturated heterocycles. The first-order chi connectivity index (χ1) is 18.8. The molecule has 1 aliphatic rings. The normalized spacial score (nSPS) is 16.8. The first kappa shape index (κ1) is 26.6. The van der Waals surface area contributed by atoms with Gasteiger partial charge in [0.25, 0.3) is 0 Å². The van der Waals surface area contributed by atoms with E-state index >= 15 is 0 Å². The van der Waals surface area contributed by atoms with Crippen molar-refractivity contribution in [3.8, 4) is 0 Å². The van der Waals surface area contributed by atoms with E-state index in [9.17, 15) is 4.79 Å². The van der Waals surface area contributed by atoms with Gasteiger partial charge in [-0.25, -0.2) is 0 Å². The molecule has 0 aliphatic carbocycles. The maximum atomic E-state index is 13.0. The lowest BCUT2D eigenvalue weighted by molar-refractivity contribution is -0.116. The molecular formula is C31H34N6OS. The summed E-state index contributed by atoms with van der Waals surface area (Å²) in [5.74, 6) is -0.0327. The molecule has 1 fully saturated rings. The van der Waals surface area contributed by atoms with Gasteiger partial charge in [0.05, 0.1) is 17.8 Å². The van der Waals surface area contributed by atoms with Crippen molar-refractivity contribution in [1.29, 1.82) is 0 Å². The molecule has 4 aromatic rings. The summed E-state index contributed by atoms with van der Waals surface area (Å²) in [5.41, 5.74) is 8.65. The number of carbonyl (C=O) groups is 1. The van der Waals surface area contributed by atoms with E-state index < -0.39 is 0 Å². The zero-order valence-electron chi connectivity index (χ0n) is 22.8. The van der Waals surface area contributed by atoms with Crippen LogP contribution in [0.3, 0.4) is 0 Å². The van der Waals surface area contributed by atoms with Crippen molar-refractivity contribution in [2.45, 2.75) is 52.7 Å². The van der Waals surface area contributed by atoms with Crippen molar-refractivity contribution in [2.24, 2.45) is 0 Å². The van der Waals surface area contributed by atoms with Gasteiger partial charge in [-0.2, -0.15) is 0 Å². The minimum atomic E-state index is -0.129. The Balaban J connectivity index is 1.43. The fourth-order valence-corrected chi connectivity index (χ4v) is 5.66. The standard InChI is InChI=1S/C31H34N6OS/c1-20-8-9-21(2)27(17-20)34-28(38)12-16-36-30(29(35-31(36)39)26-7-5-6-13-33-26)25-18-22(3)37(23(25)4)19-24-10-14-32-15-11-24/h5-11,13-15,17-18,29-30H,12,16,19H2,1-4H3,(H,34,38)(H,35,39)/t29-,30+/m0/s1. The number of benzene rings is 1. The molecule has 0 bridgehead atoms. The predicted molar refractivity (Wildman–Crippen MR) is 159 cm³/mol. The number of nitrogens with zero attached hydrogens (tertiary/aromatic N) is 4. The van der Waals surface area contributed by atoms with Crippen LogP contribution in [-0.4, -0.2) is 37.0 Å². The Labute approximate surface area is 235 Å². The van der Waals surface area contributed by atoms with E-state index in [0.717, 1.165) is 29.1 Å². The van der Waals surface area contributed by atoms with Gasteiger partial charge in [0.2, 0.25) is 5.91 Å². The summed E-state index contributed by atoms with van der Waals surface area (Å²) in [4.78, 5) is 24.0. The van der Waals surface area contributed by atoms with Crippen LogP contribution in [-0.2, 0) is 11.3 Å². The highest BCUT2D eigenvalue weighted by molar-refractivity contribution is 7.80. The first-order valence-electron chi connectivity index (χ1n) is 13.2. The van der Waals surface area contributed by atoms with Gasteiger partial charge in [-0.15, -0.1) is 0 Å². The van der Waals surface area contributed by atoms with Crippen molar-refractivity contribution < 1.29 is 4.79 Å². The molecule has 4 heterocycles. The van der Waals surface area contributed by atoms with Crippen LogP contribution < -0.4 is 10.6 Å². The van der Waals surface area contributed by atoms with E-state index in [4.69, 9.17) is 12.2 Å². The number of rotatable bonds is 8. The van der Waals surface area contributed by atoms with Gasteiger partial charge in [-0.1, -0.05) is 18.2 Å². The molecule has 39 heavy (non-hydrogen) atoms. The molecular weight excluding hydrogens is 504 g/mol. The van der Waals surface area contributed by atoms with Gasteiger partial charge in [0.15, 0.2) is 5.11 Å². The van der Waals surface area contributed by atoms with Crippen LogP contribution in [0.5, 0.6) is 0 Å². The third-order valence-electron chi connectivity index (χ3n) is 7.47. The van der Waals surface area contributed by atoms with E-state index in [-0.39, 0.29) is 18.0 Å². The summed E-state index contributed by atoms with van der Waals surface area (Å²) in [6, 6.07) is 18.1. The Kier molecular flexibility index (Phi) is 7.74. The molecule has 3 aromatic heterocycles. The Morgan fingerprint density at radius 2 is 1.82 bits per heavy atom. The molecule has 0 spiro atoms. The average molecular weight is 539 g/mol. The molecule has 200 valence electrons. The monoisotopic (exact) mass is 538 g/mol. The number of hydrogen-bond acceptors (Lipinski definition) is 4. The number of carbonyl (C=O) groups excluding carboxylic acids is 1. The van der Waals surface area contributed by atoms with Gasteiger partial charge in [-0.3, -0.25) is 14.8 Å². The minimum absolute atomic E-state index is 0.0327. The second-order valence-corrected chi connectivity index (χ2v) is 10.6. The van der Waals surface area contributed by atoms with Crippen LogP contribution in [0.4, 0.5) is 5.69 Å². The number of hydrogen-bond donors (Lipinski definition) is 2.